The summed E-state index contributed by atoms with van der Waals surface area (Å²) in [7, 11) is 0. The maximum atomic E-state index is 14.3. The Balaban J connectivity index is 1.49. The van der Waals surface area contributed by atoms with E-state index in [1.54, 1.807) is 26.8 Å². The standard InChI is InChI=1S/C28H32O11/c1-12(29)36-15-8-14-25(4,28-22(39-28)23(33)37-21(26(15,28)5)13-6-7-34-10-13)20(32)18(31)19-24(2,3)38-16-9-17(30)35-11-27(14,16)19/h6-7,10,14-16,19-22,32H,8-9,11H2,1-5H3/t14-,15-,16-,19-,20-,21-,22+,25-,26-,27-,28-/m0/s1. The first-order valence-electron chi connectivity index (χ1n) is 13.4. The molecule has 11 heteroatoms. The first-order chi connectivity index (χ1) is 18.3. The number of ketones is 1. The Morgan fingerprint density at radius 3 is 2.49 bits per heavy atom. The number of ether oxygens (including phenoxy) is 5. The van der Waals surface area contributed by atoms with Crippen LogP contribution in [0.4, 0.5) is 0 Å². The van der Waals surface area contributed by atoms with E-state index in [1.165, 1.54) is 19.5 Å². The lowest BCUT2D eigenvalue weighted by Crippen LogP contribution is -2.78. The van der Waals surface area contributed by atoms with Crippen molar-refractivity contribution in [2.24, 2.45) is 28.1 Å². The van der Waals surface area contributed by atoms with Crippen molar-refractivity contribution in [2.45, 2.75) is 89.2 Å². The zero-order chi connectivity index (χ0) is 27.9. The van der Waals surface area contributed by atoms with Crippen molar-refractivity contribution >= 4 is 23.7 Å². The molecule has 0 unspecified atom stereocenters. The third kappa shape index (κ3) is 2.61. The van der Waals surface area contributed by atoms with Gasteiger partial charge in [0.15, 0.2) is 11.9 Å². The lowest BCUT2D eigenvalue weighted by molar-refractivity contribution is -0.279. The maximum absolute atomic E-state index is 14.3. The van der Waals surface area contributed by atoms with E-state index in [4.69, 9.17) is 28.1 Å². The second kappa shape index (κ2) is 7.30. The normalized spacial score (nSPS) is 50.8. The zero-order valence-electron chi connectivity index (χ0n) is 22.4. The molecule has 210 valence electrons. The van der Waals surface area contributed by atoms with Crippen LogP contribution in [0.2, 0.25) is 0 Å². The summed E-state index contributed by atoms with van der Waals surface area (Å²) in [5, 5.41) is 12.0. The Labute approximate surface area is 224 Å². The summed E-state index contributed by atoms with van der Waals surface area (Å²) in [4.78, 5) is 52.6. The van der Waals surface area contributed by atoms with Crippen molar-refractivity contribution in [1.82, 2.24) is 0 Å². The summed E-state index contributed by atoms with van der Waals surface area (Å²) in [5.74, 6) is -3.41. The number of rotatable bonds is 2. The minimum Gasteiger partial charge on any atom is -0.472 e. The molecule has 11 nitrogen and oxygen atoms in total. The summed E-state index contributed by atoms with van der Waals surface area (Å²) >= 11 is 0. The first-order valence-corrected chi connectivity index (χ1v) is 13.4. The van der Waals surface area contributed by atoms with Gasteiger partial charge in [-0.2, -0.15) is 0 Å². The summed E-state index contributed by atoms with van der Waals surface area (Å²) in [6.07, 6.45) is -2.03. The van der Waals surface area contributed by atoms with Gasteiger partial charge >= 0.3 is 17.9 Å². The average Bonchev–Trinajstić information content (AvgIpc) is 3.32. The molecule has 1 N–H and O–H groups in total. The highest BCUT2D eigenvalue weighted by Gasteiger charge is 2.92. The van der Waals surface area contributed by atoms with E-state index in [-0.39, 0.29) is 19.4 Å². The van der Waals surface area contributed by atoms with Crippen LogP contribution >= 0.6 is 0 Å². The van der Waals surface area contributed by atoms with E-state index in [2.05, 4.69) is 0 Å². The highest BCUT2D eigenvalue weighted by molar-refractivity contribution is 5.92. The quantitative estimate of drug-likeness (QED) is 0.329. The Morgan fingerprint density at radius 2 is 1.82 bits per heavy atom. The molecule has 0 bridgehead atoms. The van der Waals surface area contributed by atoms with E-state index < -0.39 is 93.5 Å². The molecule has 6 aliphatic rings. The van der Waals surface area contributed by atoms with Gasteiger partial charge in [-0.1, -0.05) is 6.92 Å². The van der Waals surface area contributed by atoms with E-state index in [0.29, 0.717) is 5.56 Å². The zero-order valence-corrected chi connectivity index (χ0v) is 22.4. The smallest absolute Gasteiger partial charge is 0.339 e. The monoisotopic (exact) mass is 544 g/mol. The fourth-order valence-electron chi connectivity index (χ4n) is 9.80. The molecular formula is C28H32O11. The van der Waals surface area contributed by atoms with E-state index >= 15 is 0 Å². The molecule has 2 saturated carbocycles. The maximum Gasteiger partial charge on any atom is 0.339 e. The van der Waals surface area contributed by atoms with Gasteiger partial charge in [0.05, 0.1) is 42.0 Å². The topological polar surface area (TPSA) is 151 Å². The lowest BCUT2D eigenvalue weighted by Gasteiger charge is -2.67. The number of hydrogen-bond donors (Lipinski definition) is 1. The number of hydrogen-bond acceptors (Lipinski definition) is 11. The molecule has 1 aromatic heterocycles. The highest BCUT2D eigenvalue weighted by atomic mass is 16.7. The molecule has 2 spiro atoms. The molecule has 5 heterocycles. The molecule has 0 aromatic carbocycles. The van der Waals surface area contributed by atoms with Crippen LogP contribution in [0.15, 0.2) is 23.0 Å². The van der Waals surface area contributed by atoms with Crippen LogP contribution in [0, 0.1) is 28.1 Å². The Morgan fingerprint density at radius 1 is 1.08 bits per heavy atom. The SMILES string of the molecule is CC(=O)O[C@H]1C[C@@H]2[C@@]34COC(=O)C[C@@H]3OC(C)(C)[C@@H]4C(=O)[C@H](O)[C@@]2(C)[C@@]23O[C@@H]2C(=O)O[C@@H](c2ccoc2)[C@]13C. The van der Waals surface area contributed by atoms with Gasteiger partial charge < -0.3 is 33.2 Å². The molecule has 4 aliphatic heterocycles. The first kappa shape index (κ1) is 25.2. The van der Waals surface area contributed by atoms with Crippen LogP contribution in [-0.4, -0.2) is 71.0 Å². The van der Waals surface area contributed by atoms with Crippen molar-refractivity contribution in [3.63, 3.8) is 0 Å². The van der Waals surface area contributed by atoms with Gasteiger partial charge in [-0.3, -0.25) is 14.4 Å². The van der Waals surface area contributed by atoms with E-state index in [1.807, 2.05) is 6.92 Å². The number of epoxide rings is 1. The molecule has 11 atom stereocenters. The second-order valence-electron chi connectivity index (χ2n) is 13.0. The van der Waals surface area contributed by atoms with Gasteiger partial charge in [0.25, 0.3) is 0 Å². The van der Waals surface area contributed by atoms with Crippen molar-refractivity contribution in [3.05, 3.63) is 24.2 Å². The van der Waals surface area contributed by atoms with Crippen molar-refractivity contribution in [3.8, 4) is 0 Å². The fraction of sp³-hybridized carbons (Fsp3) is 0.714. The van der Waals surface area contributed by atoms with Crippen LogP contribution in [-0.2, 0) is 42.9 Å². The number of aliphatic hydroxyl groups excluding tert-OH is 1. The minimum absolute atomic E-state index is 0.0532. The molecule has 6 fully saturated rings. The number of furan rings is 1. The summed E-state index contributed by atoms with van der Waals surface area (Å²) < 4.78 is 35.7. The molecular weight excluding hydrogens is 512 g/mol. The number of carbonyl (C=O) groups excluding carboxylic acids is 4. The molecule has 7 rings (SSSR count). The van der Waals surface area contributed by atoms with Gasteiger partial charge in [-0.05, 0) is 39.2 Å². The largest absolute Gasteiger partial charge is 0.472 e. The number of cyclic esters (lactones) is 2. The average molecular weight is 545 g/mol. The third-order valence-corrected chi connectivity index (χ3v) is 11.1. The molecule has 39 heavy (non-hydrogen) atoms. The number of aliphatic hydroxyl groups is 1. The lowest BCUT2D eigenvalue weighted by atomic mass is 9.36. The molecule has 4 saturated heterocycles. The van der Waals surface area contributed by atoms with Gasteiger partial charge in [0.2, 0.25) is 0 Å². The van der Waals surface area contributed by atoms with E-state index in [9.17, 15) is 24.3 Å². The van der Waals surface area contributed by atoms with Crippen LogP contribution in [0.25, 0.3) is 0 Å². The van der Waals surface area contributed by atoms with Crippen LogP contribution in [0.3, 0.4) is 0 Å². The Hall–Kier alpha value is -2.76. The van der Waals surface area contributed by atoms with Crippen LogP contribution in [0.5, 0.6) is 0 Å². The van der Waals surface area contributed by atoms with Crippen molar-refractivity contribution < 1.29 is 52.4 Å². The number of fused-ring (bicyclic) bond motifs is 1. The summed E-state index contributed by atoms with van der Waals surface area (Å²) in [6.45, 7) is 8.38. The van der Waals surface area contributed by atoms with Gasteiger partial charge in [0, 0.05) is 23.3 Å². The number of esters is 3. The Bertz CT molecular complexity index is 1300. The minimum atomic E-state index is -1.53. The van der Waals surface area contributed by atoms with Gasteiger partial charge in [-0.25, -0.2) is 4.79 Å². The third-order valence-electron chi connectivity index (χ3n) is 11.1. The van der Waals surface area contributed by atoms with E-state index in [0.717, 1.165) is 0 Å². The highest BCUT2D eigenvalue weighted by Crippen LogP contribution is 2.80. The molecule has 0 radical (unpaired) electrons. The number of Topliss-reactive ketones (excluding diaryl/α,β-unsaturated/α-hetero) is 1. The summed E-state index contributed by atoms with van der Waals surface area (Å²) in [6, 6.07) is 1.67. The molecule has 2 aliphatic carbocycles. The summed E-state index contributed by atoms with van der Waals surface area (Å²) in [5.41, 5.74) is -5.46. The predicted octanol–water partition coefficient (Wildman–Crippen LogP) is 1.65. The fourth-order valence-corrected chi connectivity index (χ4v) is 9.80. The van der Waals surface area contributed by atoms with Crippen LogP contribution < -0.4 is 0 Å². The molecule has 0 amide bonds. The Kier molecular flexibility index (Phi) is 4.72. The van der Waals surface area contributed by atoms with Gasteiger partial charge in [-0.15, -0.1) is 0 Å². The van der Waals surface area contributed by atoms with Crippen molar-refractivity contribution in [2.75, 3.05) is 6.61 Å². The van der Waals surface area contributed by atoms with Gasteiger partial charge in [0.1, 0.15) is 30.5 Å². The number of carbonyl (C=O) groups is 4. The van der Waals surface area contributed by atoms with Crippen molar-refractivity contribution in [1.29, 1.82) is 0 Å². The second-order valence-corrected chi connectivity index (χ2v) is 13.0. The molecule has 1 aromatic rings. The van der Waals surface area contributed by atoms with Crippen LogP contribution in [0.1, 0.15) is 59.1 Å². The predicted molar refractivity (Wildman–Crippen MR) is 126 cm³/mol.